The van der Waals surface area contributed by atoms with Crippen molar-refractivity contribution in [3.05, 3.63) is 52.5 Å². The van der Waals surface area contributed by atoms with Gasteiger partial charge in [-0.25, -0.2) is 8.42 Å². The van der Waals surface area contributed by atoms with Gasteiger partial charge in [-0.1, -0.05) is 24.4 Å². The molecule has 2 rings (SSSR count). The molecular weight excluding hydrogens is 374 g/mol. The van der Waals surface area contributed by atoms with E-state index in [9.17, 15) is 8.42 Å². The number of benzene rings is 2. The Morgan fingerprint density at radius 2 is 1.90 bits per heavy atom. The quantitative estimate of drug-likeness (QED) is 0.817. The minimum atomic E-state index is -3.29. The van der Waals surface area contributed by atoms with E-state index in [0.717, 1.165) is 6.26 Å². The molecule has 0 saturated carbocycles. The summed E-state index contributed by atoms with van der Waals surface area (Å²) in [6, 6.07) is 11.5. The van der Waals surface area contributed by atoms with E-state index in [1.807, 2.05) is 0 Å². The number of hydrogen-bond donors (Lipinski definition) is 1. The molecule has 0 saturated heterocycles. The number of halogens is 1. The van der Waals surface area contributed by atoms with Crippen LogP contribution in [0.2, 0.25) is 0 Å². The van der Waals surface area contributed by atoms with E-state index >= 15 is 0 Å². The van der Waals surface area contributed by atoms with E-state index in [1.54, 1.807) is 30.3 Å². The number of rotatable bonds is 4. The van der Waals surface area contributed by atoms with Gasteiger partial charge in [-0.05, 0) is 46.3 Å². The minimum absolute atomic E-state index is 0.187. The predicted octanol–water partition coefficient (Wildman–Crippen LogP) is 3.28. The fourth-order valence-electron chi connectivity index (χ4n) is 1.72. The Bertz CT molecular complexity index is 804. The lowest BCUT2D eigenvalue weighted by atomic mass is 10.2. The van der Waals surface area contributed by atoms with Crippen molar-refractivity contribution in [1.82, 2.24) is 0 Å². The van der Waals surface area contributed by atoms with Crippen LogP contribution in [0.4, 0.5) is 0 Å². The van der Waals surface area contributed by atoms with E-state index < -0.39 is 9.84 Å². The van der Waals surface area contributed by atoms with Crippen molar-refractivity contribution in [2.24, 2.45) is 5.73 Å². The van der Waals surface area contributed by atoms with Gasteiger partial charge in [0.15, 0.2) is 9.84 Å². The largest absolute Gasteiger partial charge is 0.457 e. The van der Waals surface area contributed by atoms with Gasteiger partial charge in [-0.3, -0.25) is 0 Å². The second-order valence-electron chi connectivity index (χ2n) is 4.33. The molecule has 0 amide bonds. The molecule has 110 valence electrons. The number of hydrogen-bond acceptors (Lipinski definition) is 4. The van der Waals surface area contributed by atoms with Crippen molar-refractivity contribution >= 4 is 43.0 Å². The summed E-state index contributed by atoms with van der Waals surface area (Å²) in [5, 5.41) is 0. The summed E-state index contributed by atoms with van der Waals surface area (Å²) in [5.41, 5.74) is 6.26. The van der Waals surface area contributed by atoms with E-state index in [-0.39, 0.29) is 9.88 Å². The number of ether oxygens (including phenoxy) is 1. The second kappa shape index (κ2) is 6.13. The summed E-state index contributed by atoms with van der Waals surface area (Å²) in [5.74, 6) is 0.857. The lowest BCUT2D eigenvalue weighted by Gasteiger charge is -2.12. The molecule has 4 nitrogen and oxygen atoms in total. The van der Waals surface area contributed by atoms with Gasteiger partial charge in [-0.2, -0.15) is 0 Å². The molecule has 7 heteroatoms. The highest BCUT2D eigenvalue weighted by molar-refractivity contribution is 9.10. The molecule has 0 radical (unpaired) electrons. The average molecular weight is 386 g/mol. The third-order valence-electron chi connectivity index (χ3n) is 2.68. The third kappa shape index (κ3) is 3.81. The zero-order chi connectivity index (χ0) is 15.6. The highest BCUT2D eigenvalue weighted by atomic mass is 79.9. The molecule has 0 bridgehead atoms. The van der Waals surface area contributed by atoms with Gasteiger partial charge < -0.3 is 10.5 Å². The summed E-state index contributed by atoms with van der Waals surface area (Å²) in [6.45, 7) is 0. The molecule has 0 aromatic heterocycles. The van der Waals surface area contributed by atoms with Gasteiger partial charge >= 0.3 is 0 Å². The van der Waals surface area contributed by atoms with Crippen LogP contribution >= 0.6 is 28.1 Å². The molecule has 0 aliphatic rings. The second-order valence-corrected chi connectivity index (χ2v) is 7.64. The maximum atomic E-state index is 11.6. The van der Waals surface area contributed by atoms with Crippen LogP contribution in [0.3, 0.4) is 0 Å². The van der Waals surface area contributed by atoms with Crippen LogP contribution in [-0.4, -0.2) is 19.7 Å². The zero-order valence-electron chi connectivity index (χ0n) is 11.0. The fourth-order valence-corrected chi connectivity index (χ4v) is 3.28. The first-order valence-corrected chi connectivity index (χ1v) is 8.94. The van der Waals surface area contributed by atoms with Crippen molar-refractivity contribution < 1.29 is 13.2 Å². The Hall–Kier alpha value is -1.44. The lowest BCUT2D eigenvalue weighted by Crippen LogP contribution is -2.11. The molecule has 0 aliphatic carbocycles. The topological polar surface area (TPSA) is 69.4 Å². The average Bonchev–Trinajstić information content (AvgIpc) is 2.37. The van der Waals surface area contributed by atoms with Crippen molar-refractivity contribution in [2.45, 2.75) is 4.90 Å². The summed E-state index contributed by atoms with van der Waals surface area (Å²) < 4.78 is 29.6. The molecule has 0 atom stereocenters. The Balaban J connectivity index is 2.44. The standard InChI is InChI=1S/C14H12BrNO3S2/c1-21(17,18)10-5-2-4-9(8-10)19-12-7-3-6-11(15)13(12)14(16)20/h2-8H,1H3,(H2,16,20). The monoisotopic (exact) mass is 385 g/mol. The molecule has 2 aromatic rings. The van der Waals surface area contributed by atoms with Crippen LogP contribution in [0, 0.1) is 0 Å². The van der Waals surface area contributed by atoms with Crippen LogP contribution in [0.1, 0.15) is 5.56 Å². The number of nitrogens with two attached hydrogens (primary N) is 1. The van der Waals surface area contributed by atoms with Gasteiger partial charge in [0.1, 0.15) is 16.5 Å². The van der Waals surface area contributed by atoms with Gasteiger partial charge in [0, 0.05) is 10.7 Å². The molecule has 2 aromatic carbocycles. The SMILES string of the molecule is CS(=O)(=O)c1cccc(Oc2cccc(Br)c2C(N)=S)c1. The Morgan fingerprint density at radius 3 is 2.52 bits per heavy atom. The third-order valence-corrected chi connectivity index (χ3v) is 4.66. The van der Waals surface area contributed by atoms with Gasteiger partial charge in [0.2, 0.25) is 0 Å². The van der Waals surface area contributed by atoms with Gasteiger partial charge in [-0.15, -0.1) is 0 Å². The van der Waals surface area contributed by atoms with Crippen LogP contribution in [0.5, 0.6) is 11.5 Å². The van der Waals surface area contributed by atoms with E-state index in [1.165, 1.54) is 12.1 Å². The van der Waals surface area contributed by atoms with Crippen molar-refractivity contribution in [2.75, 3.05) is 6.26 Å². The highest BCUT2D eigenvalue weighted by Crippen LogP contribution is 2.31. The Morgan fingerprint density at radius 1 is 1.24 bits per heavy atom. The van der Waals surface area contributed by atoms with Gasteiger partial charge in [0.25, 0.3) is 0 Å². The zero-order valence-corrected chi connectivity index (χ0v) is 14.3. The summed E-state index contributed by atoms with van der Waals surface area (Å²) in [7, 11) is -3.29. The van der Waals surface area contributed by atoms with Crippen LogP contribution in [0.25, 0.3) is 0 Å². The number of sulfone groups is 1. The fraction of sp³-hybridized carbons (Fsp3) is 0.0714. The van der Waals surface area contributed by atoms with Crippen molar-refractivity contribution in [1.29, 1.82) is 0 Å². The molecule has 0 spiro atoms. The first-order chi connectivity index (χ1) is 9.79. The maximum Gasteiger partial charge on any atom is 0.175 e. The van der Waals surface area contributed by atoms with Crippen LogP contribution in [-0.2, 0) is 9.84 Å². The van der Waals surface area contributed by atoms with E-state index in [2.05, 4.69) is 15.9 Å². The van der Waals surface area contributed by atoms with Crippen LogP contribution < -0.4 is 10.5 Å². The minimum Gasteiger partial charge on any atom is -0.457 e. The molecule has 0 fully saturated rings. The lowest BCUT2D eigenvalue weighted by molar-refractivity contribution is 0.479. The molecular formula is C14H12BrNO3S2. The maximum absolute atomic E-state index is 11.6. The van der Waals surface area contributed by atoms with Crippen molar-refractivity contribution in [3.63, 3.8) is 0 Å². The highest BCUT2D eigenvalue weighted by Gasteiger charge is 2.13. The molecule has 0 unspecified atom stereocenters. The van der Waals surface area contributed by atoms with Crippen molar-refractivity contribution in [3.8, 4) is 11.5 Å². The summed E-state index contributed by atoms with van der Waals surface area (Å²) >= 11 is 8.37. The summed E-state index contributed by atoms with van der Waals surface area (Å²) in [6.07, 6.45) is 1.14. The number of thiocarbonyl (C=S) groups is 1. The van der Waals surface area contributed by atoms with Crippen LogP contribution in [0.15, 0.2) is 51.8 Å². The first kappa shape index (κ1) is 15.9. The first-order valence-electron chi connectivity index (χ1n) is 5.85. The molecule has 0 heterocycles. The summed E-state index contributed by atoms with van der Waals surface area (Å²) in [4.78, 5) is 0.378. The van der Waals surface area contributed by atoms with E-state index in [4.69, 9.17) is 22.7 Å². The molecule has 2 N–H and O–H groups in total. The normalized spacial score (nSPS) is 11.1. The Labute approximate surface area is 137 Å². The van der Waals surface area contributed by atoms with E-state index in [0.29, 0.717) is 21.5 Å². The Kier molecular flexibility index (Phi) is 4.65. The predicted molar refractivity (Wildman–Crippen MR) is 89.7 cm³/mol. The molecule has 0 aliphatic heterocycles. The smallest absolute Gasteiger partial charge is 0.175 e. The van der Waals surface area contributed by atoms with Gasteiger partial charge in [0.05, 0.1) is 10.5 Å². The molecule has 21 heavy (non-hydrogen) atoms.